The number of anilines is 1. The van der Waals surface area contributed by atoms with Crippen molar-refractivity contribution in [3.05, 3.63) is 59.3 Å². The third-order valence-electron chi connectivity index (χ3n) is 2.78. The molecule has 104 valence electrons. The van der Waals surface area contributed by atoms with E-state index in [1.807, 2.05) is 31.2 Å². The van der Waals surface area contributed by atoms with Gasteiger partial charge in [-0.25, -0.2) is 15.2 Å². The minimum Gasteiger partial charge on any atom is -0.289 e. The van der Waals surface area contributed by atoms with Crippen LogP contribution in [0.1, 0.15) is 12.5 Å². The van der Waals surface area contributed by atoms with Gasteiger partial charge in [0.25, 0.3) is 0 Å². The highest BCUT2D eigenvalue weighted by Gasteiger charge is 2.06. The molecule has 0 aliphatic heterocycles. The lowest BCUT2D eigenvalue weighted by Gasteiger charge is -2.10. The van der Waals surface area contributed by atoms with Crippen LogP contribution in [0.25, 0.3) is 5.69 Å². The highest BCUT2D eigenvalue weighted by atomic mass is 16.1. The highest BCUT2D eigenvalue weighted by molar-refractivity contribution is 5.40. The van der Waals surface area contributed by atoms with Crippen molar-refractivity contribution in [2.45, 2.75) is 13.3 Å². The van der Waals surface area contributed by atoms with Crippen LogP contribution in [0.5, 0.6) is 0 Å². The SMILES string of the molecule is C=CCNNc1ncn(-c2ccccc2CC)c(=O)n1. The average molecular weight is 271 g/mol. The van der Waals surface area contributed by atoms with Gasteiger partial charge in [0.2, 0.25) is 5.95 Å². The molecule has 2 rings (SSSR count). The molecule has 6 nitrogen and oxygen atoms in total. The van der Waals surface area contributed by atoms with Crippen LogP contribution in [-0.2, 0) is 6.42 Å². The van der Waals surface area contributed by atoms with Crippen molar-refractivity contribution in [1.82, 2.24) is 20.0 Å². The van der Waals surface area contributed by atoms with Crippen molar-refractivity contribution in [2.24, 2.45) is 0 Å². The first-order chi connectivity index (χ1) is 9.76. The molecular weight excluding hydrogens is 254 g/mol. The summed E-state index contributed by atoms with van der Waals surface area (Å²) in [4.78, 5) is 20.1. The Labute approximate surface area is 117 Å². The summed E-state index contributed by atoms with van der Waals surface area (Å²) in [5, 5.41) is 0. The molecule has 6 heteroatoms. The topological polar surface area (TPSA) is 71.8 Å². The summed E-state index contributed by atoms with van der Waals surface area (Å²) in [5.41, 5.74) is 7.07. The molecule has 20 heavy (non-hydrogen) atoms. The van der Waals surface area contributed by atoms with Gasteiger partial charge in [0, 0.05) is 6.54 Å². The molecule has 0 aliphatic carbocycles. The first-order valence-electron chi connectivity index (χ1n) is 6.40. The fourth-order valence-corrected chi connectivity index (χ4v) is 1.81. The number of para-hydroxylation sites is 1. The zero-order valence-electron chi connectivity index (χ0n) is 11.3. The number of nitrogens with one attached hydrogen (secondary N) is 2. The van der Waals surface area contributed by atoms with Crippen LogP contribution < -0.4 is 16.5 Å². The fraction of sp³-hybridized carbons (Fsp3) is 0.214. The third-order valence-corrected chi connectivity index (χ3v) is 2.78. The van der Waals surface area contributed by atoms with E-state index in [2.05, 4.69) is 27.4 Å². The van der Waals surface area contributed by atoms with Crippen LogP contribution in [0.3, 0.4) is 0 Å². The molecule has 0 atom stereocenters. The van der Waals surface area contributed by atoms with Gasteiger partial charge in [0.05, 0.1) is 5.69 Å². The summed E-state index contributed by atoms with van der Waals surface area (Å²) in [6, 6.07) is 7.70. The number of nitrogens with zero attached hydrogens (tertiary/aromatic N) is 3. The van der Waals surface area contributed by atoms with Gasteiger partial charge in [-0.2, -0.15) is 4.98 Å². The predicted octanol–water partition coefficient (Wildman–Crippen LogP) is 1.29. The molecule has 0 fully saturated rings. The van der Waals surface area contributed by atoms with E-state index in [1.165, 1.54) is 10.9 Å². The lowest BCUT2D eigenvalue weighted by Crippen LogP contribution is -2.28. The Morgan fingerprint density at radius 1 is 1.40 bits per heavy atom. The number of aromatic nitrogens is 3. The normalized spacial score (nSPS) is 10.2. The summed E-state index contributed by atoms with van der Waals surface area (Å²) < 4.78 is 1.44. The summed E-state index contributed by atoms with van der Waals surface area (Å²) >= 11 is 0. The maximum atomic E-state index is 12.1. The summed E-state index contributed by atoms with van der Waals surface area (Å²) in [6.45, 7) is 6.16. The Hall–Kier alpha value is -2.47. The van der Waals surface area contributed by atoms with Crippen LogP contribution >= 0.6 is 0 Å². The number of hydrazine groups is 1. The van der Waals surface area contributed by atoms with Gasteiger partial charge < -0.3 is 0 Å². The Morgan fingerprint density at radius 2 is 2.20 bits per heavy atom. The van der Waals surface area contributed by atoms with Gasteiger partial charge >= 0.3 is 5.69 Å². The fourth-order valence-electron chi connectivity index (χ4n) is 1.81. The van der Waals surface area contributed by atoms with Crippen molar-refractivity contribution in [3.8, 4) is 5.69 Å². The highest BCUT2D eigenvalue weighted by Crippen LogP contribution is 2.12. The second kappa shape index (κ2) is 6.63. The predicted molar refractivity (Wildman–Crippen MR) is 78.8 cm³/mol. The standard InChI is InChI=1S/C14H17N5O/c1-3-9-16-18-13-15-10-19(14(20)17-13)12-8-6-5-7-11(12)4-2/h3,5-8,10,16H,1,4,9H2,2H3,(H,17,18,20). The Balaban J connectivity index is 2.30. The third kappa shape index (κ3) is 3.10. The maximum Gasteiger partial charge on any atom is 0.356 e. The Kier molecular flexibility index (Phi) is 4.62. The first-order valence-corrected chi connectivity index (χ1v) is 6.40. The van der Waals surface area contributed by atoms with E-state index in [-0.39, 0.29) is 11.6 Å². The van der Waals surface area contributed by atoms with Crippen LogP contribution in [0.4, 0.5) is 5.95 Å². The molecule has 0 amide bonds. The number of hydrogen-bond donors (Lipinski definition) is 2. The van der Waals surface area contributed by atoms with Crippen LogP contribution in [0.2, 0.25) is 0 Å². The summed E-state index contributed by atoms with van der Waals surface area (Å²) in [7, 11) is 0. The molecule has 1 heterocycles. The van der Waals surface area contributed by atoms with Gasteiger partial charge in [0.1, 0.15) is 6.33 Å². The Bertz CT molecular complexity index is 650. The molecule has 0 saturated carbocycles. The van der Waals surface area contributed by atoms with Crippen molar-refractivity contribution in [1.29, 1.82) is 0 Å². The second-order valence-corrected chi connectivity index (χ2v) is 4.11. The largest absolute Gasteiger partial charge is 0.356 e. The maximum absolute atomic E-state index is 12.1. The summed E-state index contributed by atoms with van der Waals surface area (Å²) in [6.07, 6.45) is 4.00. The van der Waals surface area contributed by atoms with E-state index in [1.54, 1.807) is 6.08 Å². The smallest absolute Gasteiger partial charge is 0.289 e. The van der Waals surface area contributed by atoms with Gasteiger partial charge in [-0.1, -0.05) is 31.2 Å². The monoisotopic (exact) mass is 271 g/mol. The Morgan fingerprint density at radius 3 is 2.90 bits per heavy atom. The minimum absolute atomic E-state index is 0.238. The minimum atomic E-state index is -0.371. The molecular formula is C14H17N5O. The molecule has 0 unspecified atom stereocenters. The lowest BCUT2D eigenvalue weighted by molar-refractivity contribution is 0.811. The van der Waals surface area contributed by atoms with Gasteiger partial charge in [-0.15, -0.1) is 6.58 Å². The van der Waals surface area contributed by atoms with E-state index in [4.69, 9.17) is 0 Å². The zero-order valence-corrected chi connectivity index (χ0v) is 11.3. The molecule has 0 saturated heterocycles. The van der Waals surface area contributed by atoms with E-state index < -0.39 is 0 Å². The van der Waals surface area contributed by atoms with E-state index in [9.17, 15) is 4.79 Å². The number of aryl methyl sites for hydroxylation is 1. The molecule has 2 N–H and O–H groups in total. The molecule has 1 aromatic heterocycles. The zero-order chi connectivity index (χ0) is 14.4. The van der Waals surface area contributed by atoms with Gasteiger partial charge in [-0.05, 0) is 18.1 Å². The molecule has 0 spiro atoms. The average Bonchev–Trinajstić information content (AvgIpc) is 2.48. The number of hydrogen-bond acceptors (Lipinski definition) is 5. The van der Waals surface area contributed by atoms with Crippen molar-refractivity contribution in [3.63, 3.8) is 0 Å². The number of rotatable bonds is 6. The molecule has 2 aromatic rings. The summed E-state index contributed by atoms with van der Waals surface area (Å²) in [5.74, 6) is 0.238. The van der Waals surface area contributed by atoms with Crippen molar-refractivity contribution >= 4 is 5.95 Å². The van der Waals surface area contributed by atoms with E-state index in [0.29, 0.717) is 6.54 Å². The van der Waals surface area contributed by atoms with Gasteiger partial charge in [0.15, 0.2) is 0 Å². The van der Waals surface area contributed by atoms with Crippen molar-refractivity contribution in [2.75, 3.05) is 12.0 Å². The van der Waals surface area contributed by atoms with Crippen molar-refractivity contribution < 1.29 is 0 Å². The first kappa shape index (κ1) is 14.0. The quantitative estimate of drug-likeness (QED) is 0.470. The second-order valence-electron chi connectivity index (χ2n) is 4.11. The van der Waals surface area contributed by atoms with E-state index >= 15 is 0 Å². The van der Waals surface area contributed by atoms with E-state index in [0.717, 1.165) is 17.7 Å². The van der Waals surface area contributed by atoms with Crippen LogP contribution in [0, 0.1) is 0 Å². The lowest BCUT2D eigenvalue weighted by atomic mass is 10.1. The molecule has 1 aromatic carbocycles. The molecule has 0 aliphatic rings. The van der Waals surface area contributed by atoms with Crippen LogP contribution in [0.15, 0.2) is 48.0 Å². The van der Waals surface area contributed by atoms with Crippen LogP contribution in [-0.4, -0.2) is 21.1 Å². The molecule has 0 radical (unpaired) electrons. The molecule has 0 bridgehead atoms. The number of benzene rings is 1. The van der Waals surface area contributed by atoms with Gasteiger partial charge in [-0.3, -0.25) is 9.99 Å².